The molecule has 3 nitrogen and oxygen atoms in total. The van der Waals surface area contributed by atoms with Crippen molar-refractivity contribution in [1.82, 2.24) is 9.97 Å². The van der Waals surface area contributed by atoms with E-state index in [0.717, 1.165) is 11.4 Å². The van der Waals surface area contributed by atoms with Crippen LogP contribution < -0.4 is 4.74 Å². The van der Waals surface area contributed by atoms with Gasteiger partial charge in [-0.25, -0.2) is 9.97 Å². The number of hydrogen-bond acceptors (Lipinski definition) is 3. The average molecular weight is 235 g/mol. The van der Waals surface area contributed by atoms with Gasteiger partial charge in [0.1, 0.15) is 17.5 Å². The molecule has 0 radical (unpaired) electrons. The molecule has 0 N–H and O–H groups in total. The normalized spacial score (nSPS) is 10.1. The Bertz CT molecular complexity index is 453. The smallest absolute Gasteiger partial charge is 0.167 e. The van der Waals surface area contributed by atoms with Gasteiger partial charge in [0, 0.05) is 5.69 Å². The first-order valence-electron chi connectivity index (χ1n) is 4.92. The van der Waals surface area contributed by atoms with Crippen LogP contribution in [-0.4, -0.2) is 9.97 Å². The molecular weight excluding hydrogens is 224 g/mol. The van der Waals surface area contributed by atoms with Gasteiger partial charge in [0.15, 0.2) is 5.82 Å². The molecule has 0 aliphatic rings. The summed E-state index contributed by atoms with van der Waals surface area (Å²) in [7, 11) is 0. The highest BCUT2D eigenvalue weighted by Crippen LogP contribution is 2.11. The van der Waals surface area contributed by atoms with Crippen molar-refractivity contribution >= 4 is 11.6 Å². The third-order valence-electron chi connectivity index (χ3n) is 1.98. The summed E-state index contributed by atoms with van der Waals surface area (Å²) in [6.07, 6.45) is 0. The Morgan fingerprint density at radius 2 is 1.94 bits per heavy atom. The maximum Gasteiger partial charge on any atom is 0.167 e. The van der Waals surface area contributed by atoms with Crippen LogP contribution in [0.25, 0.3) is 0 Å². The predicted octanol–water partition coefficient (Wildman–Crippen LogP) is 3.02. The van der Waals surface area contributed by atoms with Crippen LogP contribution in [-0.2, 0) is 6.61 Å². The number of ether oxygens (including phenoxy) is 1. The molecule has 1 aromatic heterocycles. The van der Waals surface area contributed by atoms with Gasteiger partial charge in [-0.05, 0) is 25.1 Å². The second kappa shape index (κ2) is 4.94. The number of para-hydroxylation sites is 1. The minimum atomic E-state index is 0.325. The number of aromatic nitrogens is 2. The summed E-state index contributed by atoms with van der Waals surface area (Å²) in [4.78, 5) is 8.31. The van der Waals surface area contributed by atoms with Gasteiger partial charge in [-0.2, -0.15) is 0 Å². The summed E-state index contributed by atoms with van der Waals surface area (Å²) >= 11 is 5.83. The van der Waals surface area contributed by atoms with Crippen molar-refractivity contribution in [3.05, 3.63) is 53.1 Å². The van der Waals surface area contributed by atoms with Crippen molar-refractivity contribution in [1.29, 1.82) is 0 Å². The zero-order valence-corrected chi connectivity index (χ0v) is 9.61. The van der Waals surface area contributed by atoms with Crippen molar-refractivity contribution in [2.24, 2.45) is 0 Å². The van der Waals surface area contributed by atoms with Crippen LogP contribution in [0.3, 0.4) is 0 Å². The number of benzene rings is 1. The second-order valence-electron chi connectivity index (χ2n) is 3.35. The summed E-state index contributed by atoms with van der Waals surface area (Å²) in [6, 6.07) is 11.3. The van der Waals surface area contributed by atoms with Crippen molar-refractivity contribution < 1.29 is 4.74 Å². The van der Waals surface area contributed by atoms with E-state index in [1.54, 1.807) is 6.07 Å². The van der Waals surface area contributed by atoms with E-state index in [4.69, 9.17) is 16.3 Å². The van der Waals surface area contributed by atoms with E-state index in [0.29, 0.717) is 17.6 Å². The number of nitrogens with zero attached hydrogens (tertiary/aromatic N) is 2. The maximum atomic E-state index is 5.83. The zero-order chi connectivity index (χ0) is 11.4. The Kier molecular flexibility index (Phi) is 3.37. The number of hydrogen-bond donors (Lipinski definition) is 0. The number of halogens is 1. The first-order chi connectivity index (χ1) is 7.74. The van der Waals surface area contributed by atoms with E-state index in [2.05, 4.69) is 9.97 Å². The Hall–Kier alpha value is -1.61. The molecule has 2 aromatic rings. The molecule has 0 amide bonds. The first-order valence-corrected chi connectivity index (χ1v) is 5.30. The van der Waals surface area contributed by atoms with E-state index < -0.39 is 0 Å². The molecule has 0 bridgehead atoms. The fourth-order valence-corrected chi connectivity index (χ4v) is 1.57. The van der Waals surface area contributed by atoms with E-state index in [9.17, 15) is 0 Å². The molecule has 0 aliphatic carbocycles. The molecule has 16 heavy (non-hydrogen) atoms. The van der Waals surface area contributed by atoms with Crippen LogP contribution in [0.15, 0.2) is 36.4 Å². The molecule has 0 saturated heterocycles. The van der Waals surface area contributed by atoms with Crippen LogP contribution in [0.4, 0.5) is 0 Å². The van der Waals surface area contributed by atoms with E-state index in [1.807, 2.05) is 37.3 Å². The lowest BCUT2D eigenvalue weighted by atomic mass is 10.3. The van der Waals surface area contributed by atoms with Crippen LogP contribution in [0.2, 0.25) is 5.15 Å². The topological polar surface area (TPSA) is 35.0 Å². The summed E-state index contributed by atoms with van der Waals surface area (Å²) in [5.41, 5.74) is 0.840. The van der Waals surface area contributed by atoms with Crippen molar-refractivity contribution in [2.75, 3.05) is 0 Å². The minimum Gasteiger partial charge on any atom is -0.486 e. The molecule has 1 heterocycles. The predicted molar refractivity (Wildman–Crippen MR) is 62.6 cm³/mol. The van der Waals surface area contributed by atoms with E-state index in [1.165, 1.54) is 0 Å². The van der Waals surface area contributed by atoms with Gasteiger partial charge in [0.05, 0.1) is 0 Å². The van der Waals surface area contributed by atoms with Gasteiger partial charge in [-0.3, -0.25) is 0 Å². The average Bonchev–Trinajstić information content (AvgIpc) is 2.27. The van der Waals surface area contributed by atoms with Crippen molar-refractivity contribution in [3.8, 4) is 5.75 Å². The second-order valence-corrected chi connectivity index (χ2v) is 3.74. The van der Waals surface area contributed by atoms with Gasteiger partial charge >= 0.3 is 0 Å². The molecule has 0 atom stereocenters. The highest BCUT2D eigenvalue weighted by Gasteiger charge is 2.01. The third-order valence-corrected chi connectivity index (χ3v) is 2.17. The van der Waals surface area contributed by atoms with Gasteiger partial charge in [-0.1, -0.05) is 29.8 Å². The lowest BCUT2D eigenvalue weighted by Gasteiger charge is -2.05. The third kappa shape index (κ3) is 2.94. The van der Waals surface area contributed by atoms with Gasteiger partial charge in [0.2, 0.25) is 0 Å². The fraction of sp³-hybridized carbons (Fsp3) is 0.167. The maximum absolute atomic E-state index is 5.83. The molecule has 0 spiro atoms. The van der Waals surface area contributed by atoms with E-state index in [-0.39, 0.29) is 0 Å². The summed E-state index contributed by atoms with van der Waals surface area (Å²) in [5, 5.41) is 0.444. The zero-order valence-electron chi connectivity index (χ0n) is 8.85. The molecule has 1 aromatic carbocycles. The van der Waals surface area contributed by atoms with Gasteiger partial charge in [0.25, 0.3) is 0 Å². The van der Waals surface area contributed by atoms with Crippen LogP contribution in [0, 0.1) is 6.92 Å². The first kappa shape index (κ1) is 10.9. The van der Waals surface area contributed by atoms with Crippen LogP contribution in [0.5, 0.6) is 5.75 Å². The largest absolute Gasteiger partial charge is 0.486 e. The molecule has 0 unspecified atom stereocenters. The fourth-order valence-electron chi connectivity index (χ4n) is 1.32. The Morgan fingerprint density at radius 3 is 2.62 bits per heavy atom. The van der Waals surface area contributed by atoms with Crippen molar-refractivity contribution in [3.63, 3.8) is 0 Å². The monoisotopic (exact) mass is 234 g/mol. The number of aryl methyl sites for hydroxylation is 1. The van der Waals surface area contributed by atoms with Crippen LogP contribution >= 0.6 is 11.6 Å². The van der Waals surface area contributed by atoms with Gasteiger partial charge in [-0.15, -0.1) is 0 Å². The SMILES string of the molecule is Cc1cc(Cl)nc(COc2ccccc2)n1. The molecule has 0 saturated carbocycles. The highest BCUT2D eigenvalue weighted by molar-refractivity contribution is 6.29. The van der Waals surface area contributed by atoms with Crippen LogP contribution in [0.1, 0.15) is 11.5 Å². The lowest BCUT2D eigenvalue weighted by molar-refractivity contribution is 0.295. The standard InChI is InChI=1S/C12H11ClN2O/c1-9-7-11(13)15-12(14-9)8-16-10-5-3-2-4-6-10/h2-7H,8H2,1H3. The summed E-state index contributed by atoms with van der Waals surface area (Å²) in [6.45, 7) is 2.20. The Morgan fingerprint density at radius 1 is 1.19 bits per heavy atom. The molecule has 0 fully saturated rings. The number of rotatable bonds is 3. The van der Waals surface area contributed by atoms with Crippen molar-refractivity contribution in [2.45, 2.75) is 13.5 Å². The lowest BCUT2D eigenvalue weighted by Crippen LogP contribution is -2.02. The van der Waals surface area contributed by atoms with Gasteiger partial charge < -0.3 is 4.74 Å². The molecule has 2 rings (SSSR count). The highest BCUT2D eigenvalue weighted by atomic mass is 35.5. The minimum absolute atomic E-state index is 0.325. The molecule has 0 aliphatic heterocycles. The Labute approximate surface area is 99.1 Å². The quantitative estimate of drug-likeness (QED) is 0.766. The molecule has 4 heteroatoms. The summed E-state index contributed by atoms with van der Waals surface area (Å²) < 4.78 is 5.52. The Balaban J connectivity index is 2.05. The summed E-state index contributed by atoms with van der Waals surface area (Å²) in [5.74, 6) is 1.39. The molecule has 82 valence electrons. The molecular formula is C12H11ClN2O. The van der Waals surface area contributed by atoms with E-state index >= 15 is 0 Å².